The first-order chi connectivity index (χ1) is 9.63. The smallest absolute Gasteiger partial charge is 0.226 e. The number of nitrogens with one attached hydrogen (secondary N) is 1. The highest BCUT2D eigenvalue weighted by molar-refractivity contribution is 7.13. The van der Waals surface area contributed by atoms with Gasteiger partial charge in [0.1, 0.15) is 0 Å². The summed E-state index contributed by atoms with van der Waals surface area (Å²) in [7, 11) is 0. The Balaban J connectivity index is 1.73. The van der Waals surface area contributed by atoms with Crippen LogP contribution >= 0.6 is 11.3 Å². The van der Waals surface area contributed by atoms with E-state index in [1.165, 1.54) is 16.9 Å². The number of carbonyl (C=O) groups is 1. The number of aromatic nitrogens is 1. The Morgan fingerprint density at radius 3 is 2.80 bits per heavy atom. The molecule has 0 saturated heterocycles. The van der Waals surface area contributed by atoms with Crippen LogP contribution in [0.1, 0.15) is 24.6 Å². The Labute approximate surface area is 123 Å². The number of hydrogen-bond acceptors (Lipinski definition) is 4. The number of nitrogens with zero attached hydrogens (tertiary/aromatic N) is 1. The first-order valence-corrected chi connectivity index (χ1v) is 7.54. The molecule has 0 saturated carbocycles. The van der Waals surface area contributed by atoms with Crippen LogP contribution in [0, 0.1) is 0 Å². The third-order valence-electron chi connectivity index (χ3n) is 3.03. The Bertz CT molecular complexity index is 553. The van der Waals surface area contributed by atoms with Crippen LogP contribution in [0.25, 0.3) is 0 Å². The molecule has 1 atom stereocenters. The summed E-state index contributed by atoms with van der Waals surface area (Å²) < 4.78 is 0. The highest BCUT2D eigenvalue weighted by Gasteiger charge is 2.10. The van der Waals surface area contributed by atoms with Gasteiger partial charge in [0.05, 0.1) is 12.1 Å². The molecule has 106 valence electrons. The van der Waals surface area contributed by atoms with Gasteiger partial charge < -0.3 is 11.1 Å². The number of aryl methyl sites for hydroxylation is 1. The summed E-state index contributed by atoms with van der Waals surface area (Å²) in [5.74, 6) is -0.00383. The van der Waals surface area contributed by atoms with Crippen molar-refractivity contribution < 1.29 is 4.79 Å². The average Bonchev–Trinajstić information content (AvgIpc) is 2.83. The first kappa shape index (κ1) is 14.5. The lowest BCUT2D eigenvalue weighted by molar-refractivity contribution is -0.121. The quantitative estimate of drug-likeness (QED) is 0.858. The molecule has 2 aromatic rings. The van der Waals surface area contributed by atoms with E-state index in [1.54, 1.807) is 0 Å². The number of rotatable bonds is 6. The number of anilines is 1. The molecule has 0 spiro atoms. The third kappa shape index (κ3) is 4.66. The van der Waals surface area contributed by atoms with Crippen LogP contribution in [0.15, 0.2) is 35.7 Å². The topological polar surface area (TPSA) is 68.0 Å². The molecule has 0 aliphatic rings. The summed E-state index contributed by atoms with van der Waals surface area (Å²) in [6.07, 6.45) is 2.18. The number of hydrogen-bond donors (Lipinski definition) is 2. The van der Waals surface area contributed by atoms with Crippen LogP contribution in [-0.4, -0.2) is 16.9 Å². The molecule has 5 heteroatoms. The zero-order valence-corrected chi connectivity index (χ0v) is 12.3. The Morgan fingerprint density at radius 2 is 2.15 bits per heavy atom. The van der Waals surface area contributed by atoms with Gasteiger partial charge in [-0.25, -0.2) is 4.98 Å². The van der Waals surface area contributed by atoms with Crippen LogP contribution < -0.4 is 11.1 Å². The van der Waals surface area contributed by atoms with E-state index in [2.05, 4.69) is 22.4 Å². The lowest BCUT2D eigenvalue weighted by Gasteiger charge is -2.13. The van der Waals surface area contributed by atoms with Crippen molar-refractivity contribution in [3.8, 4) is 0 Å². The van der Waals surface area contributed by atoms with Crippen LogP contribution in [0.3, 0.4) is 0 Å². The Hall–Kier alpha value is -1.88. The van der Waals surface area contributed by atoms with E-state index in [1.807, 2.05) is 30.5 Å². The molecule has 1 aromatic carbocycles. The fraction of sp³-hybridized carbons (Fsp3) is 0.333. The molecular formula is C15H19N3OS. The van der Waals surface area contributed by atoms with Gasteiger partial charge in [0, 0.05) is 11.4 Å². The average molecular weight is 289 g/mol. The summed E-state index contributed by atoms with van der Waals surface area (Å²) >= 11 is 1.36. The van der Waals surface area contributed by atoms with E-state index >= 15 is 0 Å². The Morgan fingerprint density at radius 1 is 1.40 bits per heavy atom. The number of carbonyl (C=O) groups excluding carboxylic acids is 1. The fourth-order valence-electron chi connectivity index (χ4n) is 1.99. The number of nitrogens with two attached hydrogens (primary N) is 1. The zero-order chi connectivity index (χ0) is 14.4. The standard InChI is InChI=1S/C15H19N3OS/c1-11(7-8-12-5-3-2-4-6-12)17-14(19)9-13-10-20-15(16)18-13/h2-6,10-11H,7-9H2,1H3,(H2,16,18)(H,17,19). The first-order valence-electron chi connectivity index (χ1n) is 6.66. The van der Waals surface area contributed by atoms with Gasteiger partial charge in [-0.05, 0) is 25.3 Å². The van der Waals surface area contributed by atoms with Gasteiger partial charge in [-0.1, -0.05) is 30.3 Å². The van der Waals surface area contributed by atoms with Gasteiger partial charge >= 0.3 is 0 Å². The normalized spacial score (nSPS) is 12.1. The predicted octanol–water partition coefficient (Wildman–Crippen LogP) is 2.41. The number of amides is 1. The lowest BCUT2D eigenvalue weighted by atomic mass is 10.1. The monoisotopic (exact) mass is 289 g/mol. The van der Waals surface area contributed by atoms with Gasteiger partial charge in [0.25, 0.3) is 0 Å². The highest BCUT2D eigenvalue weighted by atomic mass is 32.1. The Kier molecular flexibility index (Phi) is 5.12. The van der Waals surface area contributed by atoms with E-state index in [0.29, 0.717) is 11.6 Å². The minimum absolute atomic E-state index is 0.00383. The van der Waals surface area contributed by atoms with Crippen molar-refractivity contribution in [2.75, 3.05) is 5.73 Å². The lowest BCUT2D eigenvalue weighted by Crippen LogP contribution is -2.34. The summed E-state index contributed by atoms with van der Waals surface area (Å²) in [5, 5.41) is 5.32. The number of nitrogen functional groups attached to an aromatic ring is 1. The van der Waals surface area contributed by atoms with E-state index in [-0.39, 0.29) is 11.9 Å². The second kappa shape index (κ2) is 7.05. The summed E-state index contributed by atoms with van der Waals surface area (Å²) in [6.45, 7) is 2.02. The molecule has 1 heterocycles. The molecule has 1 unspecified atom stereocenters. The molecule has 0 aliphatic carbocycles. The molecule has 2 rings (SSSR count). The molecule has 4 nitrogen and oxygen atoms in total. The van der Waals surface area contributed by atoms with Crippen LogP contribution in [0.2, 0.25) is 0 Å². The van der Waals surface area contributed by atoms with Crippen molar-refractivity contribution in [1.29, 1.82) is 0 Å². The van der Waals surface area contributed by atoms with E-state index in [9.17, 15) is 4.79 Å². The van der Waals surface area contributed by atoms with Gasteiger partial charge in [-0.15, -0.1) is 11.3 Å². The number of benzene rings is 1. The molecular weight excluding hydrogens is 270 g/mol. The molecule has 1 amide bonds. The van der Waals surface area contributed by atoms with E-state index in [0.717, 1.165) is 18.5 Å². The van der Waals surface area contributed by atoms with Gasteiger partial charge in [-0.3, -0.25) is 4.79 Å². The second-order valence-electron chi connectivity index (χ2n) is 4.85. The van der Waals surface area contributed by atoms with E-state index < -0.39 is 0 Å². The molecule has 3 N–H and O–H groups in total. The molecule has 0 bridgehead atoms. The molecule has 0 aliphatic heterocycles. The number of thiazole rings is 1. The van der Waals surface area contributed by atoms with Crippen molar-refractivity contribution in [2.45, 2.75) is 32.2 Å². The van der Waals surface area contributed by atoms with Crippen LogP contribution in [-0.2, 0) is 17.6 Å². The third-order valence-corrected chi connectivity index (χ3v) is 3.75. The summed E-state index contributed by atoms with van der Waals surface area (Å²) in [6, 6.07) is 10.4. The van der Waals surface area contributed by atoms with E-state index in [4.69, 9.17) is 5.73 Å². The van der Waals surface area contributed by atoms with Crippen LogP contribution in [0.4, 0.5) is 5.13 Å². The molecule has 0 radical (unpaired) electrons. The highest BCUT2D eigenvalue weighted by Crippen LogP contribution is 2.11. The van der Waals surface area contributed by atoms with Crippen molar-refractivity contribution in [3.05, 3.63) is 47.0 Å². The maximum absolute atomic E-state index is 11.9. The summed E-state index contributed by atoms with van der Waals surface area (Å²) in [5.41, 5.74) is 7.57. The van der Waals surface area contributed by atoms with Gasteiger partial charge in [-0.2, -0.15) is 0 Å². The molecule has 1 aromatic heterocycles. The summed E-state index contributed by atoms with van der Waals surface area (Å²) in [4.78, 5) is 15.9. The van der Waals surface area contributed by atoms with Crippen molar-refractivity contribution in [3.63, 3.8) is 0 Å². The van der Waals surface area contributed by atoms with Crippen molar-refractivity contribution >= 4 is 22.4 Å². The minimum atomic E-state index is -0.00383. The minimum Gasteiger partial charge on any atom is -0.375 e. The zero-order valence-electron chi connectivity index (χ0n) is 11.5. The van der Waals surface area contributed by atoms with Gasteiger partial charge in [0.15, 0.2) is 5.13 Å². The van der Waals surface area contributed by atoms with Crippen LogP contribution in [0.5, 0.6) is 0 Å². The maximum atomic E-state index is 11.9. The van der Waals surface area contributed by atoms with Crippen molar-refractivity contribution in [1.82, 2.24) is 10.3 Å². The fourth-order valence-corrected chi connectivity index (χ4v) is 2.56. The van der Waals surface area contributed by atoms with Crippen molar-refractivity contribution in [2.24, 2.45) is 0 Å². The SMILES string of the molecule is CC(CCc1ccccc1)NC(=O)Cc1csc(N)n1. The largest absolute Gasteiger partial charge is 0.375 e. The maximum Gasteiger partial charge on any atom is 0.226 e. The predicted molar refractivity (Wildman–Crippen MR) is 82.6 cm³/mol. The van der Waals surface area contributed by atoms with Gasteiger partial charge in [0.2, 0.25) is 5.91 Å². The molecule has 20 heavy (non-hydrogen) atoms. The second-order valence-corrected chi connectivity index (χ2v) is 5.74. The molecule has 0 fully saturated rings.